The maximum atomic E-state index is 12.6. The Hall–Kier alpha value is -3.10. The summed E-state index contributed by atoms with van der Waals surface area (Å²) in [5.41, 5.74) is 2.64. The highest BCUT2D eigenvalue weighted by molar-refractivity contribution is 7.99. The van der Waals surface area contributed by atoms with Gasteiger partial charge >= 0.3 is 0 Å². The SMILES string of the molecule is COc1ccc(CNC(=O)CSc2nc3scc(-c4ccccc4)c3c(=O)[nH]2)cc1. The summed E-state index contributed by atoms with van der Waals surface area (Å²) >= 11 is 2.64. The summed E-state index contributed by atoms with van der Waals surface area (Å²) in [4.78, 5) is 32.8. The monoisotopic (exact) mass is 437 g/mol. The Morgan fingerprint density at radius 3 is 2.67 bits per heavy atom. The van der Waals surface area contributed by atoms with Crippen LogP contribution in [0.2, 0.25) is 0 Å². The number of thioether (sulfide) groups is 1. The van der Waals surface area contributed by atoms with E-state index in [1.807, 2.05) is 60.0 Å². The van der Waals surface area contributed by atoms with Gasteiger partial charge in [-0.05, 0) is 23.3 Å². The number of hydrogen-bond donors (Lipinski definition) is 2. The first kappa shape index (κ1) is 20.2. The van der Waals surface area contributed by atoms with E-state index in [2.05, 4.69) is 15.3 Å². The lowest BCUT2D eigenvalue weighted by molar-refractivity contribution is -0.118. The number of rotatable bonds is 7. The van der Waals surface area contributed by atoms with Gasteiger partial charge in [0.2, 0.25) is 5.91 Å². The molecule has 0 aliphatic carbocycles. The Kier molecular flexibility index (Phi) is 6.15. The number of H-pyrrole nitrogens is 1. The highest BCUT2D eigenvalue weighted by atomic mass is 32.2. The molecule has 0 bridgehead atoms. The highest BCUT2D eigenvalue weighted by Gasteiger charge is 2.13. The molecule has 30 heavy (non-hydrogen) atoms. The minimum atomic E-state index is -0.193. The average Bonchev–Trinajstić information content (AvgIpc) is 3.22. The third-order valence-electron chi connectivity index (χ3n) is 4.50. The number of hydrogen-bond acceptors (Lipinski definition) is 6. The van der Waals surface area contributed by atoms with Crippen molar-refractivity contribution in [3.63, 3.8) is 0 Å². The summed E-state index contributed by atoms with van der Waals surface area (Å²) in [6.45, 7) is 0.428. The minimum absolute atomic E-state index is 0.130. The molecule has 4 aromatic rings. The predicted octanol–water partition coefficient (Wildman–Crippen LogP) is 4.07. The first-order chi connectivity index (χ1) is 14.6. The summed E-state index contributed by atoms with van der Waals surface area (Å²) in [5, 5.41) is 5.83. The molecule has 0 atom stereocenters. The number of ether oxygens (including phenoxy) is 1. The molecule has 4 rings (SSSR count). The summed E-state index contributed by atoms with van der Waals surface area (Å²) in [6, 6.07) is 17.3. The number of amides is 1. The van der Waals surface area contributed by atoms with Crippen molar-refractivity contribution < 1.29 is 9.53 Å². The molecule has 8 heteroatoms. The Morgan fingerprint density at radius 2 is 1.93 bits per heavy atom. The van der Waals surface area contributed by atoms with E-state index in [-0.39, 0.29) is 17.2 Å². The molecular weight excluding hydrogens is 418 g/mol. The van der Waals surface area contributed by atoms with Gasteiger partial charge in [-0.1, -0.05) is 54.2 Å². The number of aromatic nitrogens is 2. The third-order valence-corrected chi connectivity index (χ3v) is 6.24. The average molecular weight is 438 g/mol. The van der Waals surface area contributed by atoms with E-state index in [0.717, 1.165) is 22.4 Å². The van der Waals surface area contributed by atoms with E-state index >= 15 is 0 Å². The Morgan fingerprint density at radius 1 is 1.17 bits per heavy atom. The summed E-state index contributed by atoms with van der Waals surface area (Å²) in [7, 11) is 1.61. The molecular formula is C22H19N3O3S2. The van der Waals surface area contributed by atoms with Crippen molar-refractivity contribution in [3.05, 3.63) is 75.9 Å². The van der Waals surface area contributed by atoms with Crippen molar-refractivity contribution >= 4 is 39.2 Å². The van der Waals surface area contributed by atoms with Crippen LogP contribution in [0.3, 0.4) is 0 Å². The fourth-order valence-electron chi connectivity index (χ4n) is 2.96. The molecule has 0 fully saturated rings. The van der Waals surface area contributed by atoms with E-state index < -0.39 is 0 Å². The molecule has 2 aromatic carbocycles. The second-order valence-electron chi connectivity index (χ2n) is 6.48. The molecule has 2 aromatic heterocycles. The number of carbonyl (C=O) groups excluding carboxylic acids is 1. The van der Waals surface area contributed by atoms with Crippen LogP contribution in [0, 0.1) is 0 Å². The topological polar surface area (TPSA) is 84.1 Å². The van der Waals surface area contributed by atoms with Crippen LogP contribution < -0.4 is 15.6 Å². The Bertz CT molecular complexity index is 1220. The van der Waals surface area contributed by atoms with Gasteiger partial charge in [-0.2, -0.15) is 0 Å². The zero-order valence-corrected chi connectivity index (χ0v) is 17.8. The molecule has 0 unspecified atom stereocenters. The van der Waals surface area contributed by atoms with E-state index in [1.165, 1.54) is 23.1 Å². The van der Waals surface area contributed by atoms with Gasteiger partial charge in [0, 0.05) is 17.5 Å². The lowest BCUT2D eigenvalue weighted by Crippen LogP contribution is -2.24. The van der Waals surface area contributed by atoms with Crippen molar-refractivity contribution in [1.82, 2.24) is 15.3 Å². The maximum Gasteiger partial charge on any atom is 0.260 e. The van der Waals surface area contributed by atoms with Crippen LogP contribution >= 0.6 is 23.1 Å². The fourth-order valence-corrected chi connectivity index (χ4v) is 4.65. The van der Waals surface area contributed by atoms with E-state index in [0.29, 0.717) is 21.9 Å². The molecule has 0 aliphatic rings. The lowest BCUT2D eigenvalue weighted by Gasteiger charge is -2.06. The molecule has 0 aliphatic heterocycles. The number of nitrogens with one attached hydrogen (secondary N) is 2. The van der Waals surface area contributed by atoms with E-state index in [9.17, 15) is 9.59 Å². The van der Waals surface area contributed by atoms with E-state index in [1.54, 1.807) is 7.11 Å². The van der Waals surface area contributed by atoms with Gasteiger partial charge in [-0.15, -0.1) is 11.3 Å². The molecule has 1 amide bonds. The van der Waals surface area contributed by atoms with Crippen molar-refractivity contribution in [2.45, 2.75) is 11.7 Å². The number of nitrogens with zero attached hydrogens (tertiary/aromatic N) is 1. The highest BCUT2D eigenvalue weighted by Crippen LogP contribution is 2.31. The summed E-state index contributed by atoms with van der Waals surface area (Å²) < 4.78 is 5.12. The number of aromatic amines is 1. The molecule has 2 N–H and O–H groups in total. The van der Waals surface area contributed by atoms with Gasteiger partial charge in [-0.25, -0.2) is 4.98 Å². The van der Waals surface area contributed by atoms with Gasteiger partial charge in [0.1, 0.15) is 10.6 Å². The molecule has 0 spiro atoms. The zero-order chi connectivity index (χ0) is 20.9. The van der Waals surface area contributed by atoms with E-state index in [4.69, 9.17) is 4.74 Å². The van der Waals surface area contributed by atoms with Crippen molar-refractivity contribution in [1.29, 1.82) is 0 Å². The zero-order valence-electron chi connectivity index (χ0n) is 16.2. The fraction of sp³-hybridized carbons (Fsp3) is 0.136. The molecule has 6 nitrogen and oxygen atoms in total. The first-order valence-electron chi connectivity index (χ1n) is 9.23. The van der Waals surface area contributed by atoms with Crippen molar-refractivity contribution in [3.8, 4) is 16.9 Å². The largest absolute Gasteiger partial charge is 0.497 e. The molecule has 0 saturated heterocycles. The third kappa shape index (κ3) is 4.55. The maximum absolute atomic E-state index is 12.6. The number of fused-ring (bicyclic) bond motifs is 1. The standard InChI is InChI=1S/C22H19N3O3S2/c1-28-16-9-7-14(8-10-16)11-23-18(26)13-30-22-24-20(27)19-17(12-29-21(19)25-22)15-5-3-2-4-6-15/h2-10,12H,11,13H2,1H3,(H,23,26)(H,24,25,27). The van der Waals surface area contributed by atoms with Gasteiger partial charge in [0.25, 0.3) is 5.56 Å². The van der Waals surface area contributed by atoms with Crippen molar-refractivity contribution in [2.24, 2.45) is 0 Å². The first-order valence-corrected chi connectivity index (χ1v) is 11.1. The number of methoxy groups -OCH3 is 1. The molecule has 0 saturated carbocycles. The summed E-state index contributed by atoms with van der Waals surface area (Å²) in [6.07, 6.45) is 0. The quantitative estimate of drug-likeness (QED) is 0.336. The van der Waals surface area contributed by atoms with Gasteiger partial charge in [-0.3, -0.25) is 9.59 Å². The molecule has 0 radical (unpaired) electrons. The van der Waals surface area contributed by atoms with Crippen LogP contribution in [0.15, 0.2) is 69.9 Å². The van der Waals surface area contributed by atoms with Crippen LogP contribution in [0.5, 0.6) is 5.75 Å². The normalized spacial score (nSPS) is 10.8. The van der Waals surface area contributed by atoms with Crippen LogP contribution in [-0.4, -0.2) is 28.7 Å². The van der Waals surface area contributed by atoms with Gasteiger partial charge in [0.05, 0.1) is 18.2 Å². The lowest BCUT2D eigenvalue weighted by atomic mass is 10.1. The Labute approximate surface area is 181 Å². The Balaban J connectivity index is 1.40. The van der Waals surface area contributed by atoms with Crippen LogP contribution in [0.25, 0.3) is 21.3 Å². The van der Waals surface area contributed by atoms with Crippen molar-refractivity contribution in [2.75, 3.05) is 12.9 Å². The number of carbonyl (C=O) groups is 1. The minimum Gasteiger partial charge on any atom is -0.497 e. The number of thiophene rings is 1. The van der Waals surface area contributed by atoms with Crippen LogP contribution in [-0.2, 0) is 11.3 Å². The van der Waals surface area contributed by atoms with Gasteiger partial charge < -0.3 is 15.0 Å². The predicted molar refractivity (Wildman–Crippen MR) is 121 cm³/mol. The van der Waals surface area contributed by atoms with Crippen LogP contribution in [0.4, 0.5) is 0 Å². The second kappa shape index (κ2) is 9.15. The summed E-state index contributed by atoms with van der Waals surface area (Å²) in [5.74, 6) is 0.811. The van der Waals surface area contributed by atoms with Gasteiger partial charge in [0.15, 0.2) is 5.16 Å². The smallest absolute Gasteiger partial charge is 0.260 e. The molecule has 152 valence electrons. The second-order valence-corrected chi connectivity index (χ2v) is 8.30. The molecule has 2 heterocycles. The number of benzene rings is 2. The van der Waals surface area contributed by atoms with Crippen LogP contribution in [0.1, 0.15) is 5.56 Å².